The maximum Gasteiger partial charge on any atom is 0.276 e. The van der Waals surface area contributed by atoms with E-state index in [1.165, 1.54) is 0 Å². The highest BCUT2D eigenvalue weighted by molar-refractivity contribution is 4.75. The van der Waals surface area contributed by atoms with Crippen LogP contribution in [-0.4, -0.2) is 29.8 Å². The molecule has 4 unspecified atom stereocenters. The number of rotatable bonds is 4. The molecule has 0 N–H and O–H groups in total. The van der Waals surface area contributed by atoms with Gasteiger partial charge in [-0.05, 0) is 25.7 Å². The summed E-state index contributed by atoms with van der Waals surface area (Å²) in [5.41, 5.74) is 0. The first-order chi connectivity index (χ1) is 9.06. The Labute approximate surface area is 122 Å². The largest absolute Gasteiger partial charge is 0.276 e. The molecule has 2 aliphatic carbocycles. The Morgan fingerprint density at radius 2 is 1.21 bits per heavy atom. The van der Waals surface area contributed by atoms with Crippen molar-refractivity contribution in [1.29, 1.82) is 0 Å². The van der Waals surface area contributed by atoms with Gasteiger partial charge in [0, 0.05) is 22.7 Å². The van der Waals surface area contributed by atoms with E-state index in [9.17, 15) is 20.2 Å². The maximum absolute atomic E-state index is 10.9. The Kier molecular flexibility index (Phi) is 5.35. The van der Waals surface area contributed by atoms with Gasteiger partial charge in [0.05, 0.1) is 12.8 Å². The molecule has 2 fully saturated rings. The highest BCUT2D eigenvalue weighted by Crippen LogP contribution is 2.20. The fourth-order valence-electron chi connectivity index (χ4n) is 3.08. The van der Waals surface area contributed by atoms with E-state index >= 15 is 0 Å². The van der Waals surface area contributed by atoms with Gasteiger partial charge in [-0.3, -0.25) is 20.2 Å². The van der Waals surface area contributed by atoms with Gasteiger partial charge in [-0.25, -0.2) is 0 Å². The second-order valence-electron chi connectivity index (χ2n) is 5.53. The smallest absolute Gasteiger partial charge is 0.264 e. The quantitative estimate of drug-likeness (QED) is 0.277. The van der Waals surface area contributed by atoms with Crippen molar-refractivity contribution in [2.75, 3.05) is 0 Å². The number of nitro groups is 2. The van der Waals surface area contributed by atoms with Crippen LogP contribution in [0.25, 0.3) is 0 Å². The average Bonchev–Trinajstić information content (AvgIpc) is 2.39. The van der Waals surface area contributed by atoms with Crippen molar-refractivity contribution in [3.63, 3.8) is 0 Å². The zero-order chi connectivity index (χ0) is 13.8. The molecule has 108 valence electrons. The predicted molar refractivity (Wildman–Crippen MR) is 66.1 cm³/mol. The van der Waals surface area contributed by atoms with Crippen LogP contribution in [0.15, 0.2) is 0 Å². The van der Waals surface area contributed by atoms with Crippen molar-refractivity contribution in [2.24, 2.45) is 0 Å². The molecule has 19 heavy (non-hydrogen) atoms. The van der Waals surface area contributed by atoms with Gasteiger partial charge >= 0.3 is 0 Å². The molecular formula is C12H20IN2O4+. The van der Waals surface area contributed by atoms with Gasteiger partial charge in [-0.1, -0.05) is 0 Å². The summed E-state index contributed by atoms with van der Waals surface area (Å²) in [5.74, 6) is 0. The zero-order valence-electron chi connectivity index (χ0n) is 10.9. The lowest BCUT2D eigenvalue weighted by molar-refractivity contribution is -0.735. The van der Waals surface area contributed by atoms with E-state index in [4.69, 9.17) is 0 Å². The topological polar surface area (TPSA) is 86.3 Å². The van der Waals surface area contributed by atoms with Crippen LogP contribution in [0.3, 0.4) is 0 Å². The summed E-state index contributed by atoms with van der Waals surface area (Å²) in [7, 11) is 0. The molecule has 0 aliphatic heterocycles. The summed E-state index contributed by atoms with van der Waals surface area (Å²) in [5, 5.41) is 21.7. The monoisotopic (exact) mass is 383 g/mol. The van der Waals surface area contributed by atoms with Crippen molar-refractivity contribution in [2.45, 2.75) is 71.3 Å². The molecule has 0 spiro atoms. The van der Waals surface area contributed by atoms with E-state index in [2.05, 4.69) is 0 Å². The molecule has 0 aromatic heterocycles. The third-order valence-corrected chi connectivity index (χ3v) is 8.41. The van der Waals surface area contributed by atoms with Gasteiger partial charge in [0.25, 0.3) is 21.2 Å². The molecule has 4 atom stereocenters. The molecular weight excluding hydrogens is 363 g/mol. The third kappa shape index (κ3) is 4.25. The summed E-state index contributed by atoms with van der Waals surface area (Å²) in [6.45, 7) is 0. The molecule has 0 radical (unpaired) electrons. The van der Waals surface area contributed by atoms with Crippen molar-refractivity contribution < 1.29 is 31.1 Å². The van der Waals surface area contributed by atoms with E-state index in [-0.39, 0.29) is 43.1 Å². The standard InChI is InChI=1S/C12H20IN2O4/c16-14(17)11-5-1-3-9(7-11)13-10-4-2-6-12(8-10)15(18)19/h9-12H,1-8H2/q+1. The second-order valence-corrected chi connectivity index (χ2v) is 9.77. The Hall–Kier alpha value is -0.470. The van der Waals surface area contributed by atoms with Crippen LogP contribution in [0.1, 0.15) is 51.4 Å². The Morgan fingerprint density at radius 1 is 0.789 bits per heavy atom. The first-order valence-corrected chi connectivity index (χ1v) is 9.44. The van der Waals surface area contributed by atoms with Crippen molar-refractivity contribution >= 4 is 0 Å². The van der Waals surface area contributed by atoms with Gasteiger partial charge in [0.2, 0.25) is 12.1 Å². The lowest BCUT2D eigenvalue weighted by Gasteiger charge is -2.21. The summed E-state index contributed by atoms with van der Waals surface area (Å²) >= 11 is -0.132. The van der Waals surface area contributed by atoms with E-state index < -0.39 is 0 Å². The van der Waals surface area contributed by atoms with Crippen LogP contribution < -0.4 is 21.2 Å². The molecule has 2 aliphatic rings. The Balaban J connectivity index is 1.83. The molecule has 6 nitrogen and oxygen atoms in total. The first-order valence-electron chi connectivity index (χ1n) is 6.95. The minimum atomic E-state index is -0.353. The number of hydrogen-bond acceptors (Lipinski definition) is 4. The molecule has 2 saturated carbocycles. The molecule has 0 bridgehead atoms. The van der Waals surface area contributed by atoms with E-state index in [1.54, 1.807) is 0 Å². The third-order valence-electron chi connectivity index (χ3n) is 4.12. The van der Waals surface area contributed by atoms with Crippen LogP contribution in [-0.2, 0) is 0 Å². The maximum atomic E-state index is 10.9. The molecule has 0 heterocycles. The van der Waals surface area contributed by atoms with Gasteiger partial charge in [-0.2, -0.15) is 0 Å². The van der Waals surface area contributed by atoms with Crippen LogP contribution >= 0.6 is 0 Å². The molecule has 0 aromatic rings. The normalized spacial score (nSPS) is 35.8. The summed E-state index contributed by atoms with van der Waals surface area (Å²) in [4.78, 5) is 21.5. The minimum Gasteiger partial charge on any atom is -0.264 e. The van der Waals surface area contributed by atoms with Gasteiger partial charge in [0.15, 0.2) is 7.85 Å². The van der Waals surface area contributed by atoms with Crippen LogP contribution in [0, 0.1) is 20.2 Å². The second kappa shape index (κ2) is 6.81. The molecule has 0 amide bonds. The summed E-state index contributed by atoms with van der Waals surface area (Å²) in [6.07, 6.45) is 7.02. The summed E-state index contributed by atoms with van der Waals surface area (Å²) in [6, 6.07) is -0.707. The highest BCUT2D eigenvalue weighted by Gasteiger charge is 2.43. The van der Waals surface area contributed by atoms with Crippen molar-refractivity contribution in [3.05, 3.63) is 20.2 Å². The molecule has 2 rings (SSSR count). The average molecular weight is 383 g/mol. The highest BCUT2D eigenvalue weighted by atomic mass is 127. The van der Waals surface area contributed by atoms with E-state index in [1.807, 2.05) is 0 Å². The number of halogens is 1. The van der Waals surface area contributed by atoms with Crippen molar-refractivity contribution in [3.8, 4) is 0 Å². The van der Waals surface area contributed by atoms with Gasteiger partial charge in [0.1, 0.15) is 0 Å². The predicted octanol–water partition coefficient (Wildman–Crippen LogP) is -0.749. The molecule has 7 heteroatoms. The van der Waals surface area contributed by atoms with Crippen LogP contribution in [0.5, 0.6) is 0 Å². The van der Waals surface area contributed by atoms with Crippen molar-refractivity contribution in [1.82, 2.24) is 0 Å². The fourth-order valence-corrected chi connectivity index (χ4v) is 7.88. The first kappa shape index (κ1) is 14.9. The minimum absolute atomic E-state index is 0.128. The number of hydrogen-bond donors (Lipinski definition) is 0. The van der Waals surface area contributed by atoms with Crippen LogP contribution in [0.4, 0.5) is 0 Å². The van der Waals surface area contributed by atoms with Crippen LogP contribution in [0.2, 0.25) is 0 Å². The lowest BCUT2D eigenvalue weighted by Crippen LogP contribution is -3.68. The SMILES string of the molecule is O=[N+]([O-])C1CCCC([I+]C2CCCC([N+](=O)[O-])C2)C1. The zero-order valence-corrected chi connectivity index (χ0v) is 13.0. The van der Waals surface area contributed by atoms with Gasteiger partial charge < -0.3 is 0 Å². The van der Waals surface area contributed by atoms with Gasteiger partial charge in [-0.15, -0.1) is 0 Å². The van der Waals surface area contributed by atoms with E-state index in [0.717, 1.165) is 51.4 Å². The molecule has 0 aromatic carbocycles. The summed E-state index contributed by atoms with van der Waals surface area (Å²) < 4.78 is 1.02. The number of nitrogens with zero attached hydrogens (tertiary/aromatic N) is 2. The van der Waals surface area contributed by atoms with E-state index in [0.29, 0.717) is 7.85 Å². The number of alkyl halides is 2. The fraction of sp³-hybridized carbons (Fsp3) is 1.00. The Morgan fingerprint density at radius 3 is 1.58 bits per heavy atom. The Bertz CT molecular complexity index is 321. The molecule has 0 saturated heterocycles. The lowest BCUT2D eigenvalue weighted by atomic mass is 9.96.